The summed E-state index contributed by atoms with van der Waals surface area (Å²) in [4.78, 5) is 18.9. The van der Waals surface area contributed by atoms with Gasteiger partial charge in [0.15, 0.2) is 0 Å². The van der Waals surface area contributed by atoms with Gasteiger partial charge in [-0.05, 0) is 59.2 Å². The molecule has 4 aromatic rings. The van der Waals surface area contributed by atoms with Crippen LogP contribution in [0.3, 0.4) is 0 Å². The van der Waals surface area contributed by atoms with E-state index in [4.69, 9.17) is 11.6 Å². The van der Waals surface area contributed by atoms with Crippen LogP contribution in [0.25, 0.3) is 17.0 Å². The van der Waals surface area contributed by atoms with Crippen molar-refractivity contribution < 1.29 is 31.5 Å². The van der Waals surface area contributed by atoms with Crippen molar-refractivity contribution in [2.75, 3.05) is 13.1 Å². The van der Waals surface area contributed by atoms with E-state index in [1.165, 1.54) is 47.2 Å². The molecule has 0 spiro atoms. The molecule has 0 unspecified atom stereocenters. The van der Waals surface area contributed by atoms with E-state index in [1.807, 2.05) is 6.08 Å². The molecule has 0 aliphatic carbocycles. The van der Waals surface area contributed by atoms with E-state index in [2.05, 4.69) is 19.9 Å². The van der Waals surface area contributed by atoms with Gasteiger partial charge in [0.1, 0.15) is 11.6 Å². The predicted molar refractivity (Wildman–Crippen MR) is 140 cm³/mol. The number of nitrogens with zero attached hydrogens (tertiary/aromatic N) is 3. The van der Waals surface area contributed by atoms with Gasteiger partial charge in [-0.25, -0.2) is 14.2 Å². The van der Waals surface area contributed by atoms with E-state index >= 15 is 0 Å². The highest BCUT2D eigenvalue weighted by molar-refractivity contribution is 6.30. The van der Waals surface area contributed by atoms with Gasteiger partial charge in [-0.1, -0.05) is 23.8 Å². The lowest BCUT2D eigenvalue weighted by molar-refractivity contribution is -0.274. The third-order valence-electron chi connectivity index (χ3n) is 6.43. The fourth-order valence-electron chi connectivity index (χ4n) is 4.80. The number of fused-ring (bicyclic) bond motifs is 3. The molecule has 208 valence electrons. The van der Waals surface area contributed by atoms with Crippen LogP contribution in [0.5, 0.6) is 5.75 Å². The van der Waals surface area contributed by atoms with Crippen molar-refractivity contribution in [2.45, 2.75) is 25.9 Å². The Balaban J connectivity index is 1.42. The molecule has 1 N–H and O–H groups in total. The number of amides is 1. The van der Waals surface area contributed by atoms with Crippen molar-refractivity contribution in [1.82, 2.24) is 19.8 Å². The second kappa shape index (κ2) is 11.3. The summed E-state index contributed by atoms with van der Waals surface area (Å²) in [6, 6.07) is 10.3. The molecule has 6 nitrogen and oxygen atoms in total. The molecule has 12 heteroatoms. The van der Waals surface area contributed by atoms with E-state index in [-0.39, 0.29) is 17.1 Å². The number of hydrogen-bond donors (Lipinski definition) is 1. The van der Waals surface area contributed by atoms with E-state index in [0.717, 1.165) is 5.56 Å². The summed E-state index contributed by atoms with van der Waals surface area (Å²) in [5, 5.41) is 3.61. The Morgan fingerprint density at radius 3 is 2.70 bits per heavy atom. The fourth-order valence-corrected chi connectivity index (χ4v) is 5.03. The first-order valence-corrected chi connectivity index (χ1v) is 12.6. The van der Waals surface area contributed by atoms with Crippen molar-refractivity contribution in [3.05, 3.63) is 100.0 Å². The lowest BCUT2D eigenvalue weighted by Crippen LogP contribution is -2.34. The quantitative estimate of drug-likeness (QED) is 0.205. The van der Waals surface area contributed by atoms with Gasteiger partial charge < -0.3 is 10.1 Å². The number of benzene rings is 2. The summed E-state index contributed by atoms with van der Waals surface area (Å²) in [6.45, 7) is 1.49. The smallest absolute Gasteiger partial charge is 0.406 e. The molecule has 0 saturated carbocycles. The molecular formula is C28H22ClF5N4O2. The van der Waals surface area contributed by atoms with Crippen LogP contribution in [0.2, 0.25) is 5.02 Å². The SMILES string of the molecule is O=C(NCc1ccnc(F)c1)n1c2c(c3ccc(OC(F)(F)F)cc31)CN(C/C=C/c1cc(F)cc(Cl)c1)CC2. The fraction of sp³-hybridized carbons (Fsp3) is 0.214. The van der Waals surface area contributed by atoms with Crippen molar-refractivity contribution >= 4 is 34.6 Å². The van der Waals surface area contributed by atoms with Crippen LogP contribution in [-0.2, 0) is 19.5 Å². The number of pyridine rings is 1. The minimum atomic E-state index is -4.90. The summed E-state index contributed by atoms with van der Waals surface area (Å²) in [6.07, 6.45) is 0.440. The number of carbonyl (C=O) groups excluding carboxylic acids is 1. The van der Waals surface area contributed by atoms with E-state index in [9.17, 15) is 26.7 Å². The van der Waals surface area contributed by atoms with Crippen LogP contribution in [0.4, 0.5) is 26.7 Å². The van der Waals surface area contributed by atoms with Gasteiger partial charge in [-0.15, -0.1) is 13.2 Å². The van der Waals surface area contributed by atoms with Crippen LogP contribution in [0.15, 0.2) is 60.8 Å². The zero-order chi connectivity index (χ0) is 28.4. The molecule has 1 aliphatic heterocycles. The molecule has 2 aromatic heterocycles. The monoisotopic (exact) mass is 576 g/mol. The largest absolute Gasteiger partial charge is 0.573 e. The van der Waals surface area contributed by atoms with Crippen LogP contribution < -0.4 is 10.1 Å². The normalized spacial score (nSPS) is 14.1. The Hall–Kier alpha value is -3.96. The maximum absolute atomic E-state index is 13.6. The number of ether oxygens (including phenoxy) is 1. The number of rotatable bonds is 6. The first-order valence-electron chi connectivity index (χ1n) is 12.2. The van der Waals surface area contributed by atoms with Gasteiger partial charge in [0.05, 0.1) is 5.52 Å². The highest BCUT2D eigenvalue weighted by atomic mass is 35.5. The van der Waals surface area contributed by atoms with Crippen LogP contribution in [0.1, 0.15) is 22.4 Å². The van der Waals surface area contributed by atoms with Gasteiger partial charge in [-0.3, -0.25) is 9.47 Å². The van der Waals surface area contributed by atoms with Gasteiger partial charge in [0.2, 0.25) is 5.95 Å². The number of hydrogen-bond acceptors (Lipinski definition) is 4. The molecule has 40 heavy (non-hydrogen) atoms. The molecule has 1 aliphatic rings. The lowest BCUT2D eigenvalue weighted by Gasteiger charge is -2.27. The second-order valence-electron chi connectivity index (χ2n) is 9.22. The highest BCUT2D eigenvalue weighted by Gasteiger charge is 2.32. The number of aromatic nitrogens is 2. The Bertz CT molecular complexity index is 1580. The van der Waals surface area contributed by atoms with E-state index in [0.29, 0.717) is 48.3 Å². The van der Waals surface area contributed by atoms with Crippen molar-refractivity contribution in [3.8, 4) is 5.75 Å². The molecule has 1 amide bonds. The van der Waals surface area contributed by atoms with E-state index in [1.54, 1.807) is 18.2 Å². The summed E-state index contributed by atoms with van der Waals surface area (Å²) in [5.41, 5.74) is 2.81. The lowest BCUT2D eigenvalue weighted by atomic mass is 10.0. The number of nitrogens with one attached hydrogen (secondary N) is 1. The Morgan fingerprint density at radius 1 is 1.12 bits per heavy atom. The number of carbonyl (C=O) groups is 1. The third kappa shape index (κ3) is 6.43. The van der Waals surface area contributed by atoms with Gasteiger partial charge in [-0.2, -0.15) is 4.39 Å². The van der Waals surface area contributed by atoms with E-state index < -0.39 is 29.9 Å². The minimum Gasteiger partial charge on any atom is -0.406 e. The number of halogens is 6. The van der Waals surface area contributed by atoms with Gasteiger partial charge in [0.25, 0.3) is 0 Å². The molecule has 2 aromatic carbocycles. The highest BCUT2D eigenvalue weighted by Crippen LogP contribution is 2.34. The second-order valence-corrected chi connectivity index (χ2v) is 9.66. The maximum atomic E-state index is 13.6. The Labute approximate surface area is 230 Å². The minimum absolute atomic E-state index is 0.00746. The zero-order valence-electron chi connectivity index (χ0n) is 20.8. The van der Waals surface area contributed by atoms with Crippen LogP contribution in [0, 0.1) is 11.8 Å². The maximum Gasteiger partial charge on any atom is 0.573 e. The van der Waals surface area contributed by atoms with Gasteiger partial charge in [0, 0.05) is 61.0 Å². The first kappa shape index (κ1) is 27.6. The number of alkyl halides is 3. The van der Waals surface area contributed by atoms with Crippen LogP contribution in [-0.4, -0.2) is 39.9 Å². The van der Waals surface area contributed by atoms with Crippen molar-refractivity contribution in [3.63, 3.8) is 0 Å². The molecule has 0 fully saturated rings. The van der Waals surface area contributed by atoms with Crippen molar-refractivity contribution in [1.29, 1.82) is 0 Å². The molecular weight excluding hydrogens is 555 g/mol. The zero-order valence-corrected chi connectivity index (χ0v) is 21.6. The first-order chi connectivity index (χ1) is 19.1. The Morgan fingerprint density at radius 2 is 1.95 bits per heavy atom. The summed E-state index contributed by atoms with van der Waals surface area (Å²) >= 11 is 5.92. The van der Waals surface area contributed by atoms with Crippen LogP contribution >= 0.6 is 11.6 Å². The summed E-state index contributed by atoms with van der Waals surface area (Å²) < 4.78 is 71.3. The molecule has 0 atom stereocenters. The Kier molecular flexibility index (Phi) is 7.77. The molecule has 0 bridgehead atoms. The average Bonchev–Trinajstić information content (AvgIpc) is 3.19. The summed E-state index contributed by atoms with van der Waals surface area (Å²) in [5.74, 6) is -1.59. The summed E-state index contributed by atoms with van der Waals surface area (Å²) in [7, 11) is 0. The topological polar surface area (TPSA) is 59.4 Å². The molecule has 0 radical (unpaired) electrons. The molecule has 0 saturated heterocycles. The average molecular weight is 577 g/mol. The van der Waals surface area contributed by atoms with Gasteiger partial charge >= 0.3 is 12.4 Å². The third-order valence-corrected chi connectivity index (χ3v) is 6.65. The predicted octanol–water partition coefficient (Wildman–Crippen LogP) is 6.70. The molecule has 5 rings (SSSR count). The molecule has 3 heterocycles. The standard InChI is InChI=1S/C28H22ClF5N4O2/c29-19-10-17(11-20(30)13-19)2-1-8-37-9-6-24-23(16-37)22-4-3-21(40-28(32,33)34)14-25(22)38(24)27(39)36-15-18-5-7-35-26(31)12-18/h1-5,7,10-14H,6,8-9,15-16H2,(H,36,39)/b2-1+. The van der Waals surface area contributed by atoms with Crippen molar-refractivity contribution in [2.24, 2.45) is 0 Å².